The second-order valence-electron chi connectivity index (χ2n) is 11.6. The topological polar surface area (TPSA) is 117 Å². The monoisotopic (exact) mass is 602 g/mol. The number of carbonyl (C=O) groups excluding carboxylic acids is 2. The Morgan fingerprint density at radius 3 is 2.09 bits per heavy atom. The number of nitro benzene ring substituents is 1. The van der Waals surface area contributed by atoms with Crippen molar-refractivity contribution in [3.05, 3.63) is 112 Å². The van der Waals surface area contributed by atoms with E-state index >= 15 is 0 Å². The van der Waals surface area contributed by atoms with E-state index in [2.05, 4.69) is 24.0 Å². The van der Waals surface area contributed by atoms with Gasteiger partial charge < -0.3 is 19.2 Å². The van der Waals surface area contributed by atoms with Crippen molar-refractivity contribution < 1.29 is 28.4 Å². The summed E-state index contributed by atoms with van der Waals surface area (Å²) in [4.78, 5) is 36.9. The molecule has 0 aliphatic heterocycles. The highest BCUT2D eigenvalue weighted by atomic mass is 28.4. The first-order valence-electron chi connectivity index (χ1n) is 14.2. The van der Waals surface area contributed by atoms with Gasteiger partial charge in [0, 0.05) is 23.1 Å². The van der Waals surface area contributed by atoms with E-state index in [0.717, 1.165) is 27.8 Å². The number of benzene rings is 3. The van der Waals surface area contributed by atoms with Crippen molar-refractivity contribution in [1.82, 2.24) is 5.32 Å². The fourth-order valence-corrected chi connectivity index (χ4v) is 7.62. The van der Waals surface area contributed by atoms with Crippen molar-refractivity contribution in [2.75, 3.05) is 13.2 Å². The van der Waals surface area contributed by atoms with Crippen LogP contribution in [-0.2, 0) is 23.7 Å². The minimum atomic E-state index is -2.68. The Kier molecular flexibility index (Phi) is 9.51. The van der Waals surface area contributed by atoms with E-state index in [1.54, 1.807) is 19.1 Å². The Labute approximate surface area is 253 Å². The third-order valence-corrected chi connectivity index (χ3v) is 12.7. The Bertz CT molecular complexity index is 1460. The highest BCUT2D eigenvalue weighted by Gasteiger charge is 2.45. The van der Waals surface area contributed by atoms with E-state index < -0.39 is 42.5 Å². The number of nitro groups is 1. The van der Waals surface area contributed by atoms with Crippen molar-refractivity contribution >= 4 is 26.1 Å². The molecule has 9 nitrogen and oxygen atoms in total. The first kappa shape index (κ1) is 31.6. The average Bonchev–Trinajstić information content (AvgIpc) is 3.30. The molecular weight excluding hydrogens is 564 g/mol. The molecule has 0 aromatic heterocycles. The molecule has 1 N–H and O–H groups in total. The lowest BCUT2D eigenvalue weighted by molar-refractivity contribution is -0.384. The van der Waals surface area contributed by atoms with E-state index in [-0.39, 0.29) is 24.8 Å². The van der Waals surface area contributed by atoms with Crippen molar-refractivity contribution in [3.8, 4) is 11.1 Å². The minimum Gasteiger partial charge on any atom is -0.460 e. The van der Waals surface area contributed by atoms with Crippen LogP contribution in [0.15, 0.2) is 85.5 Å². The summed E-state index contributed by atoms with van der Waals surface area (Å²) in [7, 11) is -2.68. The molecule has 0 bridgehead atoms. The zero-order chi connectivity index (χ0) is 31.4. The molecule has 0 radical (unpaired) electrons. The van der Waals surface area contributed by atoms with Crippen molar-refractivity contribution in [3.63, 3.8) is 0 Å². The van der Waals surface area contributed by atoms with Gasteiger partial charge in [0.1, 0.15) is 13.2 Å². The first-order chi connectivity index (χ1) is 20.4. The van der Waals surface area contributed by atoms with Gasteiger partial charge in [0.15, 0.2) is 14.4 Å². The van der Waals surface area contributed by atoms with Crippen molar-refractivity contribution in [1.29, 1.82) is 0 Å². The van der Waals surface area contributed by atoms with Gasteiger partial charge >= 0.3 is 12.1 Å². The maximum Gasteiger partial charge on any atom is 0.407 e. The van der Waals surface area contributed by atoms with Crippen LogP contribution in [0.5, 0.6) is 0 Å². The zero-order valence-corrected chi connectivity index (χ0v) is 26.2. The van der Waals surface area contributed by atoms with Gasteiger partial charge in [-0.1, -0.05) is 87.2 Å². The van der Waals surface area contributed by atoms with Crippen LogP contribution >= 0.6 is 0 Å². The van der Waals surface area contributed by atoms with Gasteiger partial charge in [0.25, 0.3) is 5.69 Å². The number of carbonyl (C=O) groups is 2. The van der Waals surface area contributed by atoms with Gasteiger partial charge in [-0.2, -0.15) is 0 Å². The van der Waals surface area contributed by atoms with Crippen LogP contribution in [0.3, 0.4) is 0 Å². The number of hydrogen-bond acceptors (Lipinski definition) is 7. The number of alkyl carbamates (subject to hydrolysis) is 1. The summed E-state index contributed by atoms with van der Waals surface area (Å²) in [5, 5.41) is 13.3. The molecule has 0 saturated carbocycles. The molecule has 0 heterocycles. The zero-order valence-electron chi connectivity index (χ0n) is 25.2. The second kappa shape index (κ2) is 12.9. The molecule has 0 spiro atoms. The van der Waals surface area contributed by atoms with E-state index in [0.29, 0.717) is 0 Å². The van der Waals surface area contributed by atoms with Crippen LogP contribution < -0.4 is 5.32 Å². The van der Waals surface area contributed by atoms with Crippen molar-refractivity contribution in [2.45, 2.75) is 57.0 Å². The van der Waals surface area contributed by atoms with Crippen LogP contribution in [0.25, 0.3) is 11.1 Å². The quantitative estimate of drug-likeness (QED) is 0.0810. The largest absolute Gasteiger partial charge is 0.460 e. The van der Waals surface area contributed by atoms with E-state index in [9.17, 15) is 19.7 Å². The second-order valence-corrected chi connectivity index (χ2v) is 16.1. The molecule has 0 saturated heterocycles. The van der Waals surface area contributed by atoms with Gasteiger partial charge in [0.05, 0.1) is 11.0 Å². The summed E-state index contributed by atoms with van der Waals surface area (Å²) in [5.74, 6) is -0.800. The smallest absolute Gasteiger partial charge is 0.407 e. The van der Waals surface area contributed by atoms with Gasteiger partial charge in [-0.05, 0) is 47.8 Å². The van der Waals surface area contributed by atoms with Gasteiger partial charge in [0.2, 0.25) is 0 Å². The Morgan fingerprint density at radius 1 is 1.00 bits per heavy atom. The minimum absolute atomic E-state index is 0.00521. The van der Waals surface area contributed by atoms with E-state index in [1.165, 1.54) is 18.2 Å². The standard InChI is InChI=1S/C33H38N2O7Si/c1-7-20-40-31(36)30(22(2)42-43(5,6)33(3,4)23-16-18-24(19-17-23)35(38)39)34-32(37)41-21-29-27-14-10-8-12-25(27)26-13-9-11-15-28(26)29/h7-19,22,29-30H,1,20-21H2,2-6H3,(H,34,37)/t22-,30+/m1/s1. The molecule has 1 aliphatic rings. The third-order valence-electron chi connectivity index (χ3n) is 8.47. The van der Waals surface area contributed by atoms with Crippen molar-refractivity contribution in [2.24, 2.45) is 0 Å². The summed E-state index contributed by atoms with van der Waals surface area (Å²) in [6.07, 6.45) is -0.0757. The lowest BCUT2D eigenvalue weighted by Crippen LogP contribution is -2.57. The van der Waals surface area contributed by atoms with Crippen LogP contribution in [0.2, 0.25) is 13.1 Å². The number of nitrogens with zero attached hydrogens (tertiary/aromatic N) is 1. The van der Waals surface area contributed by atoms with Gasteiger partial charge in [-0.25, -0.2) is 9.59 Å². The maximum absolute atomic E-state index is 13.1. The number of esters is 1. The molecule has 0 unspecified atom stereocenters. The summed E-state index contributed by atoms with van der Waals surface area (Å²) >= 11 is 0. The summed E-state index contributed by atoms with van der Waals surface area (Å²) in [6, 6.07) is 21.3. The van der Waals surface area contributed by atoms with Crippen LogP contribution in [0, 0.1) is 10.1 Å². The molecule has 2 atom stereocenters. The predicted octanol–water partition coefficient (Wildman–Crippen LogP) is 6.66. The normalized spacial score (nSPS) is 14.2. The SMILES string of the molecule is C=CCOC(=O)[C@@H](NC(=O)OCC1c2ccccc2-c2ccccc21)[C@@H](C)O[Si](C)(C)C(C)(C)c1ccc([N+](=O)[O-])cc1. The number of rotatable bonds is 12. The van der Waals surface area contributed by atoms with E-state index in [1.807, 2.05) is 63.3 Å². The molecule has 1 amide bonds. The Hall–Kier alpha value is -4.28. The number of amides is 1. The van der Waals surface area contributed by atoms with Gasteiger partial charge in [-0.15, -0.1) is 0 Å². The molecular formula is C33H38N2O7Si. The number of nitrogens with one attached hydrogen (secondary N) is 1. The molecule has 3 aromatic rings. The molecule has 3 aromatic carbocycles. The number of ether oxygens (including phenoxy) is 2. The molecule has 10 heteroatoms. The highest BCUT2D eigenvalue weighted by Crippen LogP contribution is 2.44. The summed E-state index contributed by atoms with van der Waals surface area (Å²) in [5.41, 5.74) is 5.27. The van der Waals surface area contributed by atoms with Gasteiger partial charge in [-0.3, -0.25) is 10.1 Å². The lowest BCUT2D eigenvalue weighted by atomic mass is 9.98. The lowest BCUT2D eigenvalue weighted by Gasteiger charge is -2.42. The first-order valence-corrected chi connectivity index (χ1v) is 17.1. The molecule has 4 rings (SSSR count). The van der Waals surface area contributed by atoms with E-state index in [4.69, 9.17) is 13.9 Å². The van der Waals surface area contributed by atoms with Crippen LogP contribution in [0.4, 0.5) is 10.5 Å². The van der Waals surface area contributed by atoms with Crippen LogP contribution in [0.1, 0.15) is 43.4 Å². The molecule has 43 heavy (non-hydrogen) atoms. The summed E-state index contributed by atoms with van der Waals surface area (Å²) in [6.45, 7) is 13.4. The average molecular weight is 603 g/mol. The summed E-state index contributed by atoms with van der Waals surface area (Å²) < 4.78 is 17.6. The number of non-ortho nitro benzene ring substituents is 1. The third kappa shape index (κ3) is 6.70. The Balaban J connectivity index is 1.48. The molecule has 0 fully saturated rings. The highest BCUT2D eigenvalue weighted by molar-refractivity contribution is 6.74. The molecule has 1 aliphatic carbocycles. The fraction of sp³-hybridized carbons (Fsp3) is 0.333. The Morgan fingerprint density at radius 2 is 1.56 bits per heavy atom. The number of hydrogen-bond donors (Lipinski definition) is 1. The van der Waals surface area contributed by atoms with Crippen LogP contribution in [-0.4, -0.2) is 50.7 Å². The maximum atomic E-state index is 13.1. The number of fused-ring (bicyclic) bond motifs is 3. The molecule has 226 valence electrons. The predicted molar refractivity (Wildman–Crippen MR) is 167 cm³/mol. The fourth-order valence-electron chi connectivity index (χ4n) is 5.39.